The maximum absolute atomic E-state index is 2.47. The van der Waals surface area contributed by atoms with Gasteiger partial charge in [-0.2, -0.15) is 0 Å². The second-order valence-corrected chi connectivity index (χ2v) is 19.7. The molecule has 4 heteroatoms. The van der Waals surface area contributed by atoms with Gasteiger partial charge in [-0.1, -0.05) is 170 Å². The standard InChI is InChI=1S/C64H40N2S2/c1-2-15-44-40-45(29-28-41(44)14-1)50-38-39-58(63-54-20-7-12-26-60(54)68-64(50)63)65(47-36-32-43(33-37-47)49-21-13-27-61-62(49)53-19-6-11-25-59(53)67-61)46-34-30-42(31-35-46)48-16-3-8-22-55(48)66-56-23-9-4-17-51(56)52-18-5-10-24-57(52)66/h1-40H. The van der Waals surface area contributed by atoms with Gasteiger partial charge in [-0.3, -0.25) is 0 Å². The average Bonchev–Trinajstić information content (AvgIpc) is 4.09. The summed E-state index contributed by atoms with van der Waals surface area (Å²) in [5.41, 5.74) is 14.2. The molecule has 14 aromatic rings. The lowest BCUT2D eigenvalue weighted by atomic mass is 9.97. The van der Waals surface area contributed by atoms with Crippen molar-refractivity contribution in [3.05, 3.63) is 243 Å². The maximum Gasteiger partial charge on any atom is 0.0555 e. The van der Waals surface area contributed by atoms with Crippen molar-refractivity contribution in [1.82, 2.24) is 4.57 Å². The molecule has 14 rings (SSSR count). The summed E-state index contributed by atoms with van der Waals surface area (Å²) in [5, 5.41) is 10.2. The largest absolute Gasteiger partial charge is 0.310 e. The molecule has 0 saturated heterocycles. The van der Waals surface area contributed by atoms with E-state index in [4.69, 9.17) is 0 Å². The molecule has 0 fully saturated rings. The van der Waals surface area contributed by atoms with Crippen LogP contribution in [0.15, 0.2) is 243 Å². The number of anilines is 3. The molecule has 0 unspecified atom stereocenters. The fraction of sp³-hybridized carbons (Fsp3) is 0. The number of hydrogen-bond donors (Lipinski definition) is 0. The minimum Gasteiger partial charge on any atom is -0.310 e. The second kappa shape index (κ2) is 15.7. The fourth-order valence-electron chi connectivity index (χ4n) is 10.7. The Morgan fingerprint density at radius 3 is 1.57 bits per heavy atom. The van der Waals surface area contributed by atoms with Gasteiger partial charge in [0.15, 0.2) is 0 Å². The molecule has 0 amide bonds. The third-order valence-corrected chi connectivity index (χ3v) is 16.1. The highest BCUT2D eigenvalue weighted by Gasteiger charge is 2.23. The smallest absolute Gasteiger partial charge is 0.0555 e. The Morgan fingerprint density at radius 2 is 0.853 bits per heavy atom. The molecule has 2 nitrogen and oxygen atoms in total. The van der Waals surface area contributed by atoms with Crippen LogP contribution >= 0.6 is 22.7 Å². The Bertz CT molecular complexity index is 4210. The van der Waals surface area contributed by atoms with Crippen molar-refractivity contribution < 1.29 is 0 Å². The quantitative estimate of drug-likeness (QED) is 0.155. The van der Waals surface area contributed by atoms with Crippen LogP contribution in [-0.2, 0) is 0 Å². The summed E-state index contributed by atoms with van der Waals surface area (Å²) < 4.78 is 7.62. The summed E-state index contributed by atoms with van der Waals surface area (Å²) in [5.74, 6) is 0. The summed E-state index contributed by atoms with van der Waals surface area (Å²) in [7, 11) is 0. The SMILES string of the molecule is c1ccc(-n2c3ccccc3c3ccccc32)c(-c2ccc(N(c3ccc(-c4cccc5sc6ccccc6c45)cc3)c3ccc(-c4ccc5ccccc5c4)c4sc5ccccc5c34)cc2)c1. The summed E-state index contributed by atoms with van der Waals surface area (Å²) >= 11 is 3.75. The fourth-order valence-corrected chi connectivity index (χ4v) is 13.1. The maximum atomic E-state index is 2.47. The number of hydrogen-bond acceptors (Lipinski definition) is 3. The minimum absolute atomic E-state index is 1.09. The van der Waals surface area contributed by atoms with Crippen LogP contribution in [0.5, 0.6) is 0 Å². The molecular weight excluding hydrogens is 861 g/mol. The zero-order valence-electron chi connectivity index (χ0n) is 36.8. The highest BCUT2D eigenvalue weighted by molar-refractivity contribution is 7.26. The van der Waals surface area contributed by atoms with E-state index in [2.05, 4.69) is 252 Å². The average molecular weight is 901 g/mol. The van der Waals surface area contributed by atoms with Crippen LogP contribution in [0.3, 0.4) is 0 Å². The predicted octanol–water partition coefficient (Wildman–Crippen LogP) is 19.1. The number of benzene rings is 11. The number of aromatic nitrogens is 1. The predicted molar refractivity (Wildman–Crippen MR) is 295 cm³/mol. The lowest BCUT2D eigenvalue weighted by molar-refractivity contribution is 1.18. The molecule has 3 heterocycles. The van der Waals surface area contributed by atoms with Crippen LogP contribution in [-0.4, -0.2) is 4.57 Å². The third kappa shape index (κ3) is 6.15. The first-order chi connectivity index (χ1) is 33.7. The van der Waals surface area contributed by atoms with E-state index in [9.17, 15) is 0 Å². The van der Waals surface area contributed by atoms with Gasteiger partial charge in [0.2, 0.25) is 0 Å². The first-order valence-electron chi connectivity index (χ1n) is 23.2. The van der Waals surface area contributed by atoms with Gasteiger partial charge in [-0.25, -0.2) is 0 Å². The summed E-state index contributed by atoms with van der Waals surface area (Å²) in [6.07, 6.45) is 0. The van der Waals surface area contributed by atoms with Crippen LogP contribution < -0.4 is 4.90 Å². The highest BCUT2D eigenvalue weighted by Crippen LogP contribution is 2.49. The van der Waals surface area contributed by atoms with Crippen LogP contribution in [0, 0.1) is 0 Å². The monoisotopic (exact) mass is 900 g/mol. The van der Waals surface area contributed by atoms with Crippen molar-refractivity contribution in [1.29, 1.82) is 0 Å². The molecule has 0 saturated carbocycles. The Labute approximate surface area is 401 Å². The van der Waals surface area contributed by atoms with E-state index in [-0.39, 0.29) is 0 Å². The normalized spacial score (nSPS) is 11.8. The Hall–Kier alpha value is -8.28. The van der Waals surface area contributed by atoms with E-state index in [1.54, 1.807) is 0 Å². The molecule has 0 atom stereocenters. The number of thiophene rings is 2. The third-order valence-electron chi connectivity index (χ3n) is 13.8. The Kier molecular flexibility index (Phi) is 8.98. The molecule has 0 aliphatic heterocycles. The summed E-state index contributed by atoms with van der Waals surface area (Å²) in [4.78, 5) is 2.47. The molecule has 68 heavy (non-hydrogen) atoms. The summed E-state index contributed by atoms with van der Waals surface area (Å²) in [6, 6.07) is 89.4. The van der Waals surface area contributed by atoms with Crippen LogP contribution in [0.25, 0.3) is 112 Å². The van der Waals surface area contributed by atoms with E-state index >= 15 is 0 Å². The van der Waals surface area contributed by atoms with E-state index in [1.807, 2.05) is 22.7 Å². The van der Waals surface area contributed by atoms with Gasteiger partial charge in [-0.15, -0.1) is 22.7 Å². The number of nitrogens with zero attached hydrogens (tertiary/aromatic N) is 2. The molecule has 0 aliphatic carbocycles. The zero-order chi connectivity index (χ0) is 44.7. The van der Waals surface area contributed by atoms with Crippen molar-refractivity contribution in [2.75, 3.05) is 4.90 Å². The Morgan fingerprint density at radius 1 is 0.324 bits per heavy atom. The molecule has 0 bridgehead atoms. The topological polar surface area (TPSA) is 8.17 Å². The molecule has 318 valence electrons. The molecular formula is C64H40N2S2. The van der Waals surface area contributed by atoms with Gasteiger partial charge in [0, 0.05) is 68.1 Å². The molecule has 11 aromatic carbocycles. The number of rotatable bonds is 7. The molecule has 3 aromatic heterocycles. The lowest BCUT2D eigenvalue weighted by Gasteiger charge is -2.27. The molecule has 0 radical (unpaired) electrons. The molecule has 0 N–H and O–H groups in total. The van der Waals surface area contributed by atoms with Gasteiger partial charge in [0.25, 0.3) is 0 Å². The number of para-hydroxylation sites is 3. The van der Waals surface area contributed by atoms with Crippen molar-refractivity contribution in [3.63, 3.8) is 0 Å². The van der Waals surface area contributed by atoms with Crippen LogP contribution in [0.2, 0.25) is 0 Å². The second-order valence-electron chi connectivity index (χ2n) is 17.6. The van der Waals surface area contributed by atoms with Crippen LogP contribution in [0.4, 0.5) is 17.1 Å². The van der Waals surface area contributed by atoms with Gasteiger partial charge in [0.1, 0.15) is 0 Å². The first-order valence-corrected chi connectivity index (χ1v) is 24.8. The van der Waals surface area contributed by atoms with E-state index < -0.39 is 0 Å². The number of fused-ring (bicyclic) bond motifs is 10. The van der Waals surface area contributed by atoms with Crippen molar-refractivity contribution in [2.24, 2.45) is 0 Å². The van der Waals surface area contributed by atoms with E-state index in [1.165, 1.54) is 101 Å². The Balaban J connectivity index is 0.954. The van der Waals surface area contributed by atoms with E-state index in [0.717, 1.165) is 28.3 Å². The lowest BCUT2D eigenvalue weighted by Crippen LogP contribution is -2.10. The van der Waals surface area contributed by atoms with E-state index in [0.29, 0.717) is 0 Å². The van der Waals surface area contributed by atoms with Gasteiger partial charge in [0.05, 0.1) is 22.4 Å². The molecule has 0 aliphatic rings. The van der Waals surface area contributed by atoms with Crippen molar-refractivity contribution in [2.45, 2.75) is 0 Å². The van der Waals surface area contributed by atoms with Gasteiger partial charge >= 0.3 is 0 Å². The minimum atomic E-state index is 1.09. The van der Waals surface area contributed by atoms with Crippen molar-refractivity contribution >= 4 is 113 Å². The van der Waals surface area contributed by atoms with Gasteiger partial charge < -0.3 is 9.47 Å². The molecule has 0 spiro atoms. The van der Waals surface area contributed by atoms with Crippen LogP contribution in [0.1, 0.15) is 0 Å². The first kappa shape index (κ1) is 38.9. The van der Waals surface area contributed by atoms with Gasteiger partial charge in [-0.05, 0) is 111 Å². The highest BCUT2D eigenvalue weighted by atomic mass is 32.1. The zero-order valence-corrected chi connectivity index (χ0v) is 38.4. The summed E-state index contributed by atoms with van der Waals surface area (Å²) in [6.45, 7) is 0. The van der Waals surface area contributed by atoms with Crippen molar-refractivity contribution in [3.8, 4) is 39.1 Å².